The van der Waals surface area contributed by atoms with E-state index in [4.69, 9.17) is 4.74 Å². The van der Waals surface area contributed by atoms with Gasteiger partial charge in [0.25, 0.3) is 0 Å². The quantitative estimate of drug-likeness (QED) is 0.535. The summed E-state index contributed by atoms with van der Waals surface area (Å²) in [4.78, 5) is 1.46. The summed E-state index contributed by atoms with van der Waals surface area (Å²) in [5.74, 6) is 1.20. The van der Waals surface area contributed by atoms with Gasteiger partial charge in [0.15, 0.2) is 0 Å². The molecular weight excluding hydrogens is 215 g/mol. The van der Waals surface area contributed by atoms with Gasteiger partial charge in [-0.2, -0.15) is 4.80 Å². The van der Waals surface area contributed by atoms with Crippen LogP contribution in [0.25, 0.3) is 11.4 Å². The molecule has 0 spiro atoms. The number of benzene rings is 1. The molecule has 0 aliphatic heterocycles. The van der Waals surface area contributed by atoms with Crippen molar-refractivity contribution in [3.8, 4) is 11.4 Å². The first-order valence-corrected chi connectivity index (χ1v) is 5.25. The third-order valence-electron chi connectivity index (χ3n) is 2.34. The zero-order valence-corrected chi connectivity index (χ0v) is 9.92. The number of rotatable bonds is 4. The molecule has 0 atom stereocenters. The zero-order valence-electron chi connectivity index (χ0n) is 9.92. The maximum Gasteiger partial charge on any atom is 0.204 e. The van der Waals surface area contributed by atoms with E-state index in [1.165, 1.54) is 10.3 Å². The number of methoxy groups -OCH3 is 1. The van der Waals surface area contributed by atoms with E-state index in [9.17, 15) is 0 Å². The Morgan fingerprint density at radius 1 is 1.53 bits per heavy atom. The Kier molecular flexibility index (Phi) is 3.23. The molecule has 17 heavy (non-hydrogen) atoms. The van der Waals surface area contributed by atoms with Crippen LogP contribution in [0.2, 0.25) is 0 Å². The van der Waals surface area contributed by atoms with Crippen LogP contribution in [0, 0.1) is 0 Å². The van der Waals surface area contributed by atoms with Gasteiger partial charge < -0.3 is 4.74 Å². The van der Waals surface area contributed by atoms with E-state index in [2.05, 4.69) is 22.0 Å². The van der Waals surface area contributed by atoms with Crippen LogP contribution in [-0.2, 0) is 11.3 Å². The molecule has 0 bridgehead atoms. The molecule has 86 valence electrons. The van der Waals surface area contributed by atoms with Crippen LogP contribution in [0.5, 0.6) is 0 Å². The van der Waals surface area contributed by atoms with Crippen LogP contribution in [0.3, 0.4) is 0 Å². The predicted octanol–water partition coefficient (Wildman–Crippen LogP) is -0.241. The third-order valence-corrected chi connectivity index (χ3v) is 2.34. The highest BCUT2D eigenvalue weighted by molar-refractivity contribution is 6.32. The summed E-state index contributed by atoms with van der Waals surface area (Å²) < 4.78 is 4.97. The first-order valence-electron chi connectivity index (χ1n) is 5.25. The number of ether oxygens (including phenoxy) is 1. The van der Waals surface area contributed by atoms with E-state index >= 15 is 0 Å². The Morgan fingerprint density at radius 2 is 2.35 bits per heavy atom. The lowest BCUT2D eigenvalue weighted by Gasteiger charge is -2.01. The van der Waals surface area contributed by atoms with Crippen molar-refractivity contribution in [2.75, 3.05) is 7.11 Å². The smallest absolute Gasteiger partial charge is 0.204 e. The van der Waals surface area contributed by atoms with Gasteiger partial charge in [0, 0.05) is 5.56 Å². The molecule has 0 aliphatic rings. The molecular formula is C11H13BN4O. The molecule has 0 N–H and O–H groups in total. The Balaban J connectivity index is 2.21. The van der Waals surface area contributed by atoms with E-state index < -0.39 is 0 Å². The van der Waals surface area contributed by atoms with Crippen molar-refractivity contribution in [3.05, 3.63) is 36.6 Å². The lowest BCUT2D eigenvalue weighted by molar-refractivity contribution is 0.262. The van der Waals surface area contributed by atoms with Gasteiger partial charge in [-0.3, -0.25) is 0 Å². The summed E-state index contributed by atoms with van der Waals surface area (Å²) >= 11 is 0. The van der Waals surface area contributed by atoms with Crippen molar-refractivity contribution in [3.63, 3.8) is 0 Å². The van der Waals surface area contributed by atoms with Crippen molar-refractivity contribution in [1.29, 1.82) is 0 Å². The van der Waals surface area contributed by atoms with Crippen LogP contribution in [0.1, 0.15) is 0 Å². The van der Waals surface area contributed by atoms with E-state index in [1.54, 1.807) is 7.11 Å². The predicted molar refractivity (Wildman–Crippen MR) is 67.6 cm³/mol. The summed E-state index contributed by atoms with van der Waals surface area (Å²) in [5.41, 5.74) is 2.12. The van der Waals surface area contributed by atoms with E-state index in [0.29, 0.717) is 18.1 Å². The fourth-order valence-corrected chi connectivity index (χ4v) is 1.43. The van der Waals surface area contributed by atoms with Crippen LogP contribution < -0.4 is 5.46 Å². The molecule has 0 saturated heterocycles. The molecule has 6 heteroatoms. The molecule has 0 radical (unpaired) electrons. The molecule has 0 saturated carbocycles. The fraction of sp³-hybridized carbons (Fsp3) is 0.182. The monoisotopic (exact) mass is 228 g/mol. The normalized spacial score (nSPS) is 10.2. The molecule has 0 fully saturated rings. The minimum Gasteiger partial charge on any atom is -0.500 e. The Labute approximate surface area is 101 Å². The minimum atomic E-state index is 0.412. The van der Waals surface area contributed by atoms with E-state index in [1.807, 2.05) is 32.1 Å². The number of tetrazole rings is 1. The fourth-order valence-electron chi connectivity index (χ4n) is 1.43. The first kappa shape index (κ1) is 11.4. The highest BCUT2D eigenvalue weighted by atomic mass is 16.5. The SMILES string of the molecule is Bc1cccc(-c2nnn(CC(=C)OC)n2)c1. The largest absolute Gasteiger partial charge is 0.500 e. The van der Waals surface area contributed by atoms with E-state index in [0.717, 1.165) is 5.56 Å². The molecule has 1 heterocycles. The zero-order chi connectivity index (χ0) is 12.3. The molecule has 0 aliphatic carbocycles. The van der Waals surface area contributed by atoms with Crippen molar-refractivity contribution < 1.29 is 4.74 Å². The van der Waals surface area contributed by atoms with Gasteiger partial charge in [-0.15, -0.1) is 10.2 Å². The van der Waals surface area contributed by atoms with Crippen molar-refractivity contribution >= 4 is 13.3 Å². The van der Waals surface area contributed by atoms with Crippen molar-refractivity contribution in [1.82, 2.24) is 20.2 Å². The molecule has 2 rings (SSSR count). The maximum absolute atomic E-state index is 4.97. The van der Waals surface area contributed by atoms with Crippen LogP contribution in [-0.4, -0.2) is 35.2 Å². The summed E-state index contributed by atoms with van der Waals surface area (Å²) in [5, 5.41) is 12.2. The molecule has 5 nitrogen and oxygen atoms in total. The lowest BCUT2D eigenvalue weighted by atomic mass is 9.94. The average molecular weight is 228 g/mol. The van der Waals surface area contributed by atoms with Gasteiger partial charge in [0.2, 0.25) is 5.82 Å². The van der Waals surface area contributed by atoms with Gasteiger partial charge in [-0.1, -0.05) is 36.3 Å². The van der Waals surface area contributed by atoms with E-state index in [-0.39, 0.29) is 0 Å². The second-order valence-corrected chi connectivity index (χ2v) is 3.76. The molecule has 1 aromatic carbocycles. The summed E-state index contributed by atoms with van der Waals surface area (Å²) in [7, 11) is 3.60. The standard InChI is InChI=1S/C11H13BN4O/c1-8(17-2)7-16-14-11(13-15-16)9-4-3-5-10(12)6-9/h3-6H,1,7,12H2,2H3. The van der Waals surface area contributed by atoms with Gasteiger partial charge >= 0.3 is 0 Å². The molecule has 0 unspecified atom stereocenters. The van der Waals surface area contributed by atoms with Crippen molar-refractivity contribution in [2.24, 2.45) is 0 Å². The molecule has 2 aromatic rings. The van der Waals surface area contributed by atoms with Gasteiger partial charge in [-0.05, 0) is 5.21 Å². The topological polar surface area (TPSA) is 52.8 Å². The number of hydrogen-bond donors (Lipinski definition) is 0. The molecule has 1 aromatic heterocycles. The minimum absolute atomic E-state index is 0.412. The number of hydrogen-bond acceptors (Lipinski definition) is 4. The van der Waals surface area contributed by atoms with Crippen LogP contribution >= 0.6 is 0 Å². The lowest BCUT2D eigenvalue weighted by Crippen LogP contribution is -2.05. The molecule has 0 amide bonds. The highest BCUT2D eigenvalue weighted by Gasteiger charge is 2.06. The first-order chi connectivity index (χ1) is 8.19. The summed E-state index contributed by atoms with van der Waals surface area (Å²) in [6.45, 7) is 4.13. The second kappa shape index (κ2) is 4.82. The Hall–Kier alpha value is -2.11. The van der Waals surface area contributed by atoms with Gasteiger partial charge in [0.1, 0.15) is 20.2 Å². The summed E-state index contributed by atoms with van der Waals surface area (Å²) in [6.07, 6.45) is 0. The Morgan fingerprint density at radius 3 is 3.06 bits per heavy atom. The van der Waals surface area contributed by atoms with Gasteiger partial charge in [-0.25, -0.2) is 0 Å². The highest BCUT2D eigenvalue weighted by Crippen LogP contribution is 2.10. The van der Waals surface area contributed by atoms with Crippen LogP contribution in [0.4, 0.5) is 0 Å². The number of nitrogens with zero attached hydrogens (tertiary/aromatic N) is 4. The maximum atomic E-state index is 4.97. The van der Waals surface area contributed by atoms with Crippen molar-refractivity contribution in [2.45, 2.75) is 6.54 Å². The second-order valence-electron chi connectivity index (χ2n) is 3.76. The average Bonchev–Trinajstić information content (AvgIpc) is 2.77. The number of allylic oxidation sites excluding steroid dienone is 1. The number of aromatic nitrogens is 4. The third kappa shape index (κ3) is 2.72. The Bertz CT molecular complexity index is 538. The summed E-state index contributed by atoms with van der Waals surface area (Å²) in [6, 6.07) is 7.98. The van der Waals surface area contributed by atoms with Crippen LogP contribution in [0.15, 0.2) is 36.6 Å². The van der Waals surface area contributed by atoms with Gasteiger partial charge in [0.05, 0.1) is 7.11 Å².